The Bertz CT molecular complexity index is 667. The van der Waals surface area contributed by atoms with Crippen LogP contribution in [0.5, 0.6) is 0 Å². The molecule has 21 heavy (non-hydrogen) atoms. The number of hydrogen-bond donors (Lipinski definition) is 0. The summed E-state index contributed by atoms with van der Waals surface area (Å²) in [6.07, 6.45) is 0.704. The molecule has 0 radical (unpaired) electrons. The quantitative estimate of drug-likeness (QED) is 0.349. The van der Waals surface area contributed by atoms with Gasteiger partial charge in [-0.2, -0.15) is 0 Å². The molecule has 0 saturated carbocycles. The van der Waals surface area contributed by atoms with Gasteiger partial charge in [0.25, 0.3) is 0 Å². The van der Waals surface area contributed by atoms with Gasteiger partial charge in [-0.05, 0) is 12.1 Å². The van der Waals surface area contributed by atoms with E-state index in [1.807, 2.05) is 0 Å². The molecule has 0 amide bonds. The number of aldehydes is 1. The van der Waals surface area contributed by atoms with Crippen LogP contribution in [0.25, 0.3) is 11.0 Å². The van der Waals surface area contributed by atoms with Crippen LogP contribution in [0, 0.1) is 5.82 Å². The molecule has 0 aliphatic rings. The number of carbonyl (C=O) groups excluding carboxylic acids is 1. The Balaban J connectivity index is 2.21. The van der Waals surface area contributed by atoms with Crippen molar-refractivity contribution in [2.24, 2.45) is 0 Å². The first-order chi connectivity index (χ1) is 9.81. The highest BCUT2D eigenvalue weighted by atomic mass is 35.5. The van der Waals surface area contributed by atoms with Crippen LogP contribution in [-0.4, -0.2) is 30.5 Å². The van der Waals surface area contributed by atoms with Crippen molar-refractivity contribution in [3.63, 3.8) is 0 Å². The molecular weight excluding hydrogens is 311 g/mol. The largest absolute Gasteiger partial charge is 0.361 e. The van der Waals surface area contributed by atoms with E-state index in [-0.39, 0.29) is 11.9 Å². The monoisotopic (exact) mass is 328 g/mol. The summed E-state index contributed by atoms with van der Waals surface area (Å²) in [4.78, 5) is 15.1. The molecule has 7 heteroatoms. The van der Waals surface area contributed by atoms with Crippen LogP contribution in [0.1, 0.15) is 10.5 Å². The number of pyridine rings is 1. The van der Waals surface area contributed by atoms with Gasteiger partial charge in [0, 0.05) is 20.7 Å². The third kappa shape index (κ3) is 3.90. The van der Waals surface area contributed by atoms with Gasteiger partial charge in [0.1, 0.15) is 6.73 Å². The fourth-order valence-corrected chi connectivity index (χ4v) is 2.83. The number of fused-ring (bicyclic) bond motifs is 1. The maximum atomic E-state index is 13.6. The Morgan fingerprint density at radius 2 is 2.14 bits per heavy atom. The molecule has 0 aliphatic carbocycles. The Hall–Kier alpha value is -1.24. The molecule has 0 bridgehead atoms. The summed E-state index contributed by atoms with van der Waals surface area (Å²) in [5, 5.41) is -0.197. The van der Waals surface area contributed by atoms with Gasteiger partial charge in [0.2, 0.25) is 0 Å². The van der Waals surface area contributed by atoms with E-state index in [1.165, 1.54) is 6.07 Å². The topological polar surface area (TPSA) is 44.1 Å². The molecule has 2 heterocycles. The minimum atomic E-state index is -1.16. The van der Waals surface area contributed by atoms with Gasteiger partial charge < -0.3 is 9.30 Å². The van der Waals surface area contributed by atoms with Crippen molar-refractivity contribution in [3.05, 3.63) is 28.8 Å². The zero-order valence-corrected chi connectivity index (χ0v) is 14.1. The molecule has 2 aromatic rings. The molecule has 0 fully saturated rings. The summed E-state index contributed by atoms with van der Waals surface area (Å²) in [6, 6.07) is 3.89. The van der Waals surface area contributed by atoms with Crippen molar-refractivity contribution in [3.8, 4) is 0 Å². The highest BCUT2D eigenvalue weighted by Gasteiger charge is 2.15. The Morgan fingerprint density at radius 1 is 1.43 bits per heavy atom. The number of nitrogens with zero attached hydrogens (tertiary/aromatic N) is 2. The minimum absolute atomic E-state index is 0.197. The van der Waals surface area contributed by atoms with Crippen LogP contribution in [0.4, 0.5) is 4.39 Å². The molecule has 0 unspecified atom stereocenters. The van der Waals surface area contributed by atoms with E-state index in [9.17, 15) is 9.18 Å². The van der Waals surface area contributed by atoms with E-state index in [2.05, 4.69) is 24.6 Å². The van der Waals surface area contributed by atoms with Crippen molar-refractivity contribution in [2.45, 2.75) is 32.4 Å². The molecule has 0 atom stereocenters. The van der Waals surface area contributed by atoms with Gasteiger partial charge in [-0.15, -0.1) is 0 Å². The smallest absolute Gasteiger partial charge is 0.166 e. The molecule has 0 aromatic carbocycles. The molecule has 0 N–H and O–H groups in total. The fraction of sp³-hybridized carbons (Fsp3) is 0.429. The number of carbonyl (C=O) groups is 1. The van der Waals surface area contributed by atoms with Gasteiger partial charge in [0.15, 0.2) is 17.3 Å². The van der Waals surface area contributed by atoms with Crippen molar-refractivity contribution in [1.82, 2.24) is 9.55 Å². The van der Waals surface area contributed by atoms with E-state index in [0.717, 1.165) is 6.04 Å². The maximum Gasteiger partial charge on any atom is 0.166 e. The third-order valence-electron chi connectivity index (χ3n) is 3.17. The van der Waals surface area contributed by atoms with E-state index in [4.69, 9.17) is 16.3 Å². The van der Waals surface area contributed by atoms with E-state index >= 15 is 0 Å². The number of rotatable bonds is 6. The zero-order valence-electron chi connectivity index (χ0n) is 12.3. The third-order valence-corrected chi connectivity index (χ3v) is 5.14. The average molecular weight is 329 g/mol. The van der Waals surface area contributed by atoms with E-state index < -0.39 is 13.9 Å². The summed E-state index contributed by atoms with van der Waals surface area (Å²) in [5.41, 5.74) is 1.39. The number of aromatic nitrogens is 2. The van der Waals surface area contributed by atoms with Crippen LogP contribution in [0.2, 0.25) is 30.8 Å². The number of halogens is 2. The summed E-state index contributed by atoms with van der Waals surface area (Å²) >= 11 is 5.66. The molecule has 0 aliphatic heterocycles. The zero-order chi connectivity index (χ0) is 15.6. The lowest BCUT2D eigenvalue weighted by Gasteiger charge is -2.16. The second-order valence-corrected chi connectivity index (χ2v) is 12.1. The fourth-order valence-electron chi connectivity index (χ4n) is 1.93. The second kappa shape index (κ2) is 6.25. The summed E-state index contributed by atoms with van der Waals surface area (Å²) in [6.45, 7) is 7.61. The molecule has 4 nitrogen and oxygen atoms in total. The predicted octanol–water partition coefficient (Wildman–Crippen LogP) is 3.95. The molecule has 0 spiro atoms. The lowest BCUT2D eigenvalue weighted by Crippen LogP contribution is -2.22. The van der Waals surface area contributed by atoms with E-state index in [1.54, 1.807) is 10.6 Å². The van der Waals surface area contributed by atoms with Gasteiger partial charge in [-0.25, -0.2) is 9.37 Å². The van der Waals surface area contributed by atoms with Crippen LogP contribution in [0.15, 0.2) is 12.1 Å². The first-order valence-electron chi connectivity index (χ1n) is 6.70. The normalized spacial score (nSPS) is 12.0. The molecule has 2 rings (SSSR count). The molecular formula is C14H18ClFN2O2Si. The lowest BCUT2D eigenvalue weighted by molar-refractivity contribution is 0.0863. The Kier molecular flexibility index (Phi) is 4.80. The Labute approximate surface area is 128 Å². The van der Waals surface area contributed by atoms with Crippen molar-refractivity contribution < 1.29 is 13.9 Å². The predicted molar refractivity (Wildman–Crippen MR) is 84.2 cm³/mol. The van der Waals surface area contributed by atoms with E-state index in [0.29, 0.717) is 29.6 Å². The first kappa shape index (κ1) is 16.1. The molecule has 0 saturated heterocycles. The second-order valence-electron chi connectivity index (χ2n) is 6.13. The van der Waals surface area contributed by atoms with Gasteiger partial charge in [-0.3, -0.25) is 4.79 Å². The highest BCUT2D eigenvalue weighted by Crippen LogP contribution is 2.22. The van der Waals surface area contributed by atoms with Gasteiger partial charge in [0.05, 0.1) is 16.7 Å². The van der Waals surface area contributed by atoms with Gasteiger partial charge >= 0.3 is 0 Å². The van der Waals surface area contributed by atoms with Crippen LogP contribution >= 0.6 is 11.6 Å². The van der Waals surface area contributed by atoms with Crippen LogP contribution in [-0.2, 0) is 11.5 Å². The Morgan fingerprint density at radius 3 is 2.76 bits per heavy atom. The molecule has 114 valence electrons. The standard InChI is InChI=1S/C14H18ClFN2O2Si/c1-21(2,3)5-4-20-9-18-10(8-19)6-12-13(18)7-11(16)14(15)17-12/h6-8H,4-5,9H2,1-3H3. The van der Waals surface area contributed by atoms with Crippen molar-refractivity contribution >= 4 is 37.0 Å². The van der Waals surface area contributed by atoms with Crippen LogP contribution in [0.3, 0.4) is 0 Å². The summed E-state index contributed by atoms with van der Waals surface area (Å²) in [7, 11) is -1.16. The maximum absolute atomic E-state index is 13.6. The first-order valence-corrected chi connectivity index (χ1v) is 10.8. The molecule has 2 aromatic heterocycles. The van der Waals surface area contributed by atoms with Crippen molar-refractivity contribution in [2.75, 3.05) is 6.61 Å². The SMILES string of the molecule is C[Si](C)(C)CCOCn1c(C=O)cc2nc(Cl)c(F)cc21. The number of hydrogen-bond acceptors (Lipinski definition) is 3. The van der Waals surface area contributed by atoms with Crippen molar-refractivity contribution in [1.29, 1.82) is 0 Å². The van der Waals surface area contributed by atoms with Crippen LogP contribution < -0.4 is 0 Å². The lowest BCUT2D eigenvalue weighted by atomic mass is 10.4. The minimum Gasteiger partial charge on any atom is -0.361 e. The highest BCUT2D eigenvalue weighted by molar-refractivity contribution is 6.76. The average Bonchev–Trinajstić information content (AvgIpc) is 2.71. The van der Waals surface area contributed by atoms with Gasteiger partial charge in [-0.1, -0.05) is 31.2 Å². The summed E-state index contributed by atoms with van der Waals surface area (Å²) in [5.74, 6) is -0.608. The summed E-state index contributed by atoms with van der Waals surface area (Å²) < 4.78 is 20.8. The number of ether oxygens (including phenoxy) is 1.